The molecule has 2 unspecified atom stereocenters. The van der Waals surface area contributed by atoms with E-state index in [1.54, 1.807) is 0 Å². The van der Waals surface area contributed by atoms with Crippen molar-refractivity contribution in [3.63, 3.8) is 0 Å². The first-order valence-electron chi connectivity index (χ1n) is 7.80. The van der Waals surface area contributed by atoms with E-state index < -0.39 is 66.2 Å². The Bertz CT molecular complexity index is 1080. The van der Waals surface area contributed by atoms with Crippen molar-refractivity contribution in [3.8, 4) is 0 Å². The molecule has 6 atom stereocenters. The van der Waals surface area contributed by atoms with Crippen molar-refractivity contribution in [2.75, 3.05) is 18.9 Å². The molecule has 0 saturated carbocycles. The van der Waals surface area contributed by atoms with Gasteiger partial charge in [0.15, 0.2) is 6.10 Å². The van der Waals surface area contributed by atoms with Gasteiger partial charge in [-0.3, -0.25) is 9.09 Å². The number of nitrogens with two attached hydrogens (primary N) is 1. The minimum absolute atomic E-state index is 0.193. The third kappa shape index (κ3) is 4.96. The average Bonchev–Trinajstić information content (AvgIpc) is 2.94. The van der Waals surface area contributed by atoms with Gasteiger partial charge in [-0.05, 0) is 6.07 Å². The first-order valence-corrected chi connectivity index (χ1v) is 12.3. The van der Waals surface area contributed by atoms with Crippen molar-refractivity contribution in [1.29, 1.82) is 0 Å². The number of anilines is 1. The predicted molar refractivity (Wildman–Crippen MR) is 91.4 cm³/mol. The van der Waals surface area contributed by atoms with Crippen LogP contribution in [-0.2, 0) is 36.3 Å². The van der Waals surface area contributed by atoms with Crippen LogP contribution < -0.4 is 11.4 Å². The summed E-state index contributed by atoms with van der Waals surface area (Å²) in [7, 11) is -17.0. The molecule has 17 nitrogen and oxygen atoms in total. The number of aliphatic hydroxyl groups excluding tert-OH is 1. The molecular weight excluding hydrogens is 498 g/mol. The number of aliphatic hydroxyl groups is 1. The number of halogens is 1. The van der Waals surface area contributed by atoms with Crippen LogP contribution in [0.25, 0.3) is 0 Å². The van der Waals surface area contributed by atoms with Crippen molar-refractivity contribution in [1.82, 2.24) is 9.55 Å². The van der Waals surface area contributed by atoms with Crippen LogP contribution in [0.4, 0.5) is 10.2 Å². The summed E-state index contributed by atoms with van der Waals surface area (Å²) in [4.78, 5) is 51.0. The van der Waals surface area contributed by atoms with Crippen LogP contribution in [0.1, 0.15) is 6.23 Å². The lowest BCUT2D eigenvalue weighted by Gasteiger charge is -2.32. The summed E-state index contributed by atoms with van der Waals surface area (Å²) >= 11 is 0. The fraction of sp³-hybridized carbons (Fsp3) is 0.600. The van der Waals surface area contributed by atoms with Gasteiger partial charge in [0.1, 0.15) is 11.4 Å². The Hall–Kier alpha value is -1.10. The lowest BCUT2D eigenvalue weighted by Crippen LogP contribution is -2.45. The van der Waals surface area contributed by atoms with E-state index in [4.69, 9.17) is 29.9 Å². The maximum absolute atomic E-state index is 15.2. The SMILES string of the molecule is Nc1ccn([C@@H]2O[C@@]3(COP(=O)(O)OP(=O)(O)OP(=O)(O)O)CO[C@]2(F)[C@@H]3O)c(=O)n1. The molecular formula is C10H15FN3O14P3. The average molecular weight is 513 g/mol. The molecule has 3 rings (SSSR count). The molecule has 2 fully saturated rings. The van der Waals surface area contributed by atoms with Crippen molar-refractivity contribution in [2.24, 2.45) is 0 Å². The number of ether oxygens (including phenoxy) is 2. The highest BCUT2D eigenvalue weighted by Crippen LogP contribution is 2.67. The van der Waals surface area contributed by atoms with Crippen molar-refractivity contribution >= 4 is 29.3 Å². The number of hydrogen-bond donors (Lipinski definition) is 6. The first kappa shape index (κ1) is 24.5. The summed E-state index contributed by atoms with van der Waals surface area (Å²) in [6.07, 6.45) is -3.13. The van der Waals surface area contributed by atoms with E-state index in [0.717, 1.165) is 12.3 Å². The maximum Gasteiger partial charge on any atom is 0.490 e. The zero-order chi connectivity index (χ0) is 23.5. The number of hydrogen-bond acceptors (Lipinski definition) is 12. The highest BCUT2D eigenvalue weighted by atomic mass is 31.3. The normalized spacial score (nSPS) is 34.4. The van der Waals surface area contributed by atoms with Gasteiger partial charge in [-0.2, -0.15) is 13.6 Å². The van der Waals surface area contributed by atoms with E-state index in [2.05, 4.69) is 18.1 Å². The van der Waals surface area contributed by atoms with Gasteiger partial charge in [0.05, 0.1) is 13.2 Å². The molecule has 1 aromatic rings. The topological polar surface area (TPSA) is 259 Å². The van der Waals surface area contributed by atoms with Crippen LogP contribution in [0.3, 0.4) is 0 Å². The van der Waals surface area contributed by atoms with E-state index in [-0.39, 0.29) is 5.82 Å². The van der Waals surface area contributed by atoms with Gasteiger partial charge < -0.3 is 39.9 Å². The monoisotopic (exact) mass is 513 g/mol. The lowest BCUT2D eigenvalue weighted by molar-refractivity contribution is -0.262. The second kappa shape index (κ2) is 7.74. The molecule has 21 heteroatoms. The molecule has 7 N–H and O–H groups in total. The van der Waals surface area contributed by atoms with Gasteiger partial charge >= 0.3 is 29.2 Å². The minimum Gasteiger partial charge on any atom is -0.384 e. The second-order valence-corrected chi connectivity index (χ2v) is 10.8. The summed E-state index contributed by atoms with van der Waals surface area (Å²) in [6.45, 7) is -1.95. The Morgan fingerprint density at radius 2 is 1.90 bits per heavy atom. The highest BCUT2D eigenvalue weighted by molar-refractivity contribution is 7.66. The van der Waals surface area contributed by atoms with Gasteiger partial charge in [-0.25, -0.2) is 22.9 Å². The number of phosphoric ester groups is 1. The molecule has 31 heavy (non-hydrogen) atoms. The largest absolute Gasteiger partial charge is 0.490 e. The van der Waals surface area contributed by atoms with E-state index in [1.807, 2.05) is 0 Å². The Morgan fingerprint density at radius 1 is 1.26 bits per heavy atom. The van der Waals surface area contributed by atoms with E-state index in [1.165, 1.54) is 0 Å². The summed E-state index contributed by atoms with van der Waals surface area (Å²) in [5, 5.41) is 10.3. The number of rotatable bonds is 8. The molecule has 0 amide bonds. The van der Waals surface area contributed by atoms with Gasteiger partial charge in [0.25, 0.3) is 5.85 Å². The van der Waals surface area contributed by atoms with Crippen LogP contribution in [0.5, 0.6) is 0 Å². The maximum atomic E-state index is 15.2. The van der Waals surface area contributed by atoms with Gasteiger partial charge in [-0.15, -0.1) is 0 Å². The first-order chi connectivity index (χ1) is 14.0. The van der Waals surface area contributed by atoms with E-state index in [9.17, 15) is 28.5 Å². The molecule has 0 spiro atoms. The number of fused-ring (bicyclic) bond motifs is 2. The van der Waals surface area contributed by atoms with E-state index in [0.29, 0.717) is 4.57 Å². The summed E-state index contributed by atoms with van der Waals surface area (Å²) in [6, 6.07) is 1.12. The molecule has 176 valence electrons. The molecule has 0 aliphatic carbocycles. The standard InChI is InChI=1S/C10H15FN3O14P3/c11-10-6(15)9(3-24-10,26-7(10)14-2-1-5(12)13-8(14)16)4-25-30(20,21)28-31(22,23)27-29(17,18)19/h1-2,6-7,15H,3-4H2,(H,20,21)(H,22,23)(H2,12,13,16)(H2,17,18,19)/t6-,7-,9-,10-/m1/s1. The van der Waals surface area contributed by atoms with Crippen LogP contribution in [0, 0.1) is 0 Å². The van der Waals surface area contributed by atoms with Crippen molar-refractivity contribution < 1.29 is 65.4 Å². The Kier molecular flexibility index (Phi) is 6.13. The van der Waals surface area contributed by atoms with Crippen LogP contribution in [0.15, 0.2) is 17.1 Å². The predicted octanol–water partition coefficient (Wildman–Crippen LogP) is -1.51. The summed E-state index contributed by atoms with van der Waals surface area (Å²) < 4.78 is 71.3. The highest BCUT2D eigenvalue weighted by Gasteiger charge is 2.73. The molecule has 1 aromatic heterocycles. The molecule has 2 bridgehead atoms. The summed E-state index contributed by atoms with van der Waals surface area (Å²) in [5.41, 5.74) is 2.06. The van der Waals surface area contributed by atoms with Gasteiger partial charge in [0, 0.05) is 6.20 Å². The van der Waals surface area contributed by atoms with Crippen molar-refractivity contribution in [2.45, 2.75) is 23.8 Å². The number of nitrogen functional groups attached to an aromatic ring is 1. The summed E-state index contributed by atoms with van der Waals surface area (Å²) in [5.74, 6) is -3.22. The quantitative estimate of drug-likeness (QED) is 0.216. The smallest absolute Gasteiger partial charge is 0.384 e. The van der Waals surface area contributed by atoms with Crippen LogP contribution in [-0.4, -0.2) is 65.0 Å². The van der Waals surface area contributed by atoms with E-state index >= 15 is 4.39 Å². The fourth-order valence-electron chi connectivity index (χ4n) is 2.86. The third-order valence-corrected chi connectivity index (χ3v) is 7.87. The number of nitrogens with zero attached hydrogens (tertiary/aromatic N) is 2. The molecule has 0 radical (unpaired) electrons. The van der Waals surface area contributed by atoms with Gasteiger partial charge in [0.2, 0.25) is 6.23 Å². The third-order valence-electron chi connectivity index (χ3n) is 4.08. The zero-order valence-electron chi connectivity index (χ0n) is 14.8. The number of aromatic nitrogens is 2. The van der Waals surface area contributed by atoms with Crippen LogP contribution >= 0.6 is 23.5 Å². The van der Waals surface area contributed by atoms with Crippen LogP contribution in [0.2, 0.25) is 0 Å². The molecule has 0 aromatic carbocycles. The molecule has 2 aliphatic heterocycles. The lowest BCUT2D eigenvalue weighted by atomic mass is 9.99. The number of phosphoric acid groups is 3. The fourth-order valence-corrected chi connectivity index (χ4v) is 5.93. The Balaban J connectivity index is 1.77. The zero-order valence-corrected chi connectivity index (χ0v) is 17.5. The molecule has 2 saturated heterocycles. The number of alkyl halides is 1. The molecule has 3 heterocycles. The Morgan fingerprint density at radius 3 is 2.48 bits per heavy atom. The van der Waals surface area contributed by atoms with Crippen molar-refractivity contribution in [3.05, 3.63) is 22.7 Å². The molecule has 2 aliphatic rings. The Labute approximate surface area is 170 Å². The minimum atomic E-state index is -5.79. The van der Waals surface area contributed by atoms with Gasteiger partial charge in [-0.1, -0.05) is 0 Å². The second-order valence-electron chi connectivity index (χ2n) is 6.33.